The van der Waals surface area contributed by atoms with Crippen molar-refractivity contribution in [3.63, 3.8) is 0 Å². The molecule has 0 radical (unpaired) electrons. The Morgan fingerprint density at radius 2 is 2.24 bits per heavy atom. The van der Waals surface area contributed by atoms with Gasteiger partial charge in [-0.2, -0.15) is 0 Å². The number of likely N-dealkylation sites (N-methyl/N-ethyl adjacent to an activating group) is 1. The first-order chi connectivity index (χ1) is 8.16. The van der Waals surface area contributed by atoms with Gasteiger partial charge in [0.1, 0.15) is 0 Å². The SMILES string of the molecule is Cc1cccc(NC(=O)C2CCCCN2C)c1. The smallest absolute Gasteiger partial charge is 0.241 e. The molecule has 1 aromatic rings. The number of hydrogen-bond donors (Lipinski definition) is 1. The Kier molecular flexibility index (Phi) is 3.79. The zero-order valence-corrected chi connectivity index (χ0v) is 10.6. The van der Waals surface area contributed by atoms with Gasteiger partial charge in [-0.05, 0) is 51.1 Å². The highest BCUT2D eigenvalue weighted by Crippen LogP contribution is 2.17. The molecular formula is C14H20N2O. The highest BCUT2D eigenvalue weighted by Gasteiger charge is 2.25. The van der Waals surface area contributed by atoms with Crippen molar-refractivity contribution in [2.75, 3.05) is 18.9 Å². The van der Waals surface area contributed by atoms with E-state index in [1.807, 2.05) is 38.2 Å². The number of hydrogen-bond acceptors (Lipinski definition) is 2. The van der Waals surface area contributed by atoms with E-state index in [0.29, 0.717) is 0 Å². The Morgan fingerprint density at radius 3 is 2.94 bits per heavy atom. The number of carbonyl (C=O) groups is 1. The average Bonchev–Trinajstić information content (AvgIpc) is 2.29. The molecule has 1 aliphatic heterocycles. The van der Waals surface area contributed by atoms with E-state index in [4.69, 9.17) is 0 Å². The Morgan fingerprint density at radius 1 is 1.41 bits per heavy atom. The van der Waals surface area contributed by atoms with Crippen LogP contribution >= 0.6 is 0 Å². The second-order valence-corrected chi connectivity index (χ2v) is 4.85. The van der Waals surface area contributed by atoms with Crippen LogP contribution in [0, 0.1) is 6.92 Å². The highest BCUT2D eigenvalue weighted by atomic mass is 16.2. The zero-order valence-electron chi connectivity index (χ0n) is 10.6. The molecular weight excluding hydrogens is 212 g/mol. The maximum Gasteiger partial charge on any atom is 0.241 e. The van der Waals surface area contributed by atoms with Gasteiger partial charge in [-0.25, -0.2) is 0 Å². The van der Waals surface area contributed by atoms with E-state index in [1.165, 1.54) is 12.0 Å². The summed E-state index contributed by atoms with van der Waals surface area (Å²) in [5.41, 5.74) is 2.06. The van der Waals surface area contributed by atoms with E-state index in [1.54, 1.807) is 0 Å². The number of amides is 1. The lowest BCUT2D eigenvalue weighted by Crippen LogP contribution is -2.44. The third kappa shape index (κ3) is 3.07. The van der Waals surface area contributed by atoms with Crippen LogP contribution < -0.4 is 5.32 Å². The number of carbonyl (C=O) groups excluding carboxylic acids is 1. The molecule has 1 aromatic carbocycles. The average molecular weight is 232 g/mol. The molecule has 2 rings (SSSR count). The predicted molar refractivity (Wildman–Crippen MR) is 70.1 cm³/mol. The van der Waals surface area contributed by atoms with Gasteiger partial charge in [0.25, 0.3) is 0 Å². The van der Waals surface area contributed by atoms with Crippen molar-refractivity contribution in [1.82, 2.24) is 4.90 Å². The van der Waals surface area contributed by atoms with Gasteiger partial charge in [-0.3, -0.25) is 9.69 Å². The van der Waals surface area contributed by atoms with Crippen molar-refractivity contribution in [2.24, 2.45) is 0 Å². The number of piperidine rings is 1. The molecule has 1 fully saturated rings. The molecule has 3 heteroatoms. The largest absolute Gasteiger partial charge is 0.325 e. The fourth-order valence-corrected chi connectivity index (χ4v) is 2.35. The molecule has 92 valence electrons. The summed E-state index contributed by atoms with van der Waals surface area (Å²) in [7, 11) is 2.03. The van der Waals surface area contributed by atoms with Crippen LogP contribution in [0.4, 0.5) is 5.69 Å². The zero-order chi connectivity index (χ0) is 12.3. The topological polar surface area (TPSA) is 32.3 Å². The molecule has 1 aliphatic rings. The maximum atomic E-state index is 12.1. The van der Waals surface area contributed by atoms with Crippen molar-refractivity contribution in [3.05, 3.63) is 29.8 Å². The number of benzene rings is 1. The minimum absolute atomic E-state index is 0.0317. The van der Waals surface area contributed by atoms with E-state index in [2.05, 4.69) is 10.2 Å². The Bertz CT molecular complexity index is 403. The number of likely N-dealkylation sites (tertiary alicyclic amines) is 1. The standard InChI is InChI=1S/C14H20N2O/c1-11-6-5-7-12(10-11)15-14(17)13-8-3-4-9-16(13)2/h5-7,10,13H,3-4,8-9H2,1-2H3,(H,15,17). The number of aryl methyl sites for hydroxylation is 1. The van der Waals surface area contributed by atoms with Gasteiger partial charge in [0.2, 0.25) is 5.91 Å². The molecule has 1 saturated heterocycles. The van der Waals surface area contributed by atoms with Crippen molar-refractivity contribution in [1.29, 1.82) is 0 Å². The van der Waals surface area contributed by atoms with Crippen LogP contribution in [0.25, 0.3) is 0 Å². The van der Waals surface area contributed by atoms with Crippen LogP contribution in [0.2, 0.25) is 0 Å². The summed E-state index contributed by atoms with van der Waals surface area (Å²) in [6.07, 6.45) is 3.31. The normalized spacial score (nSPS) is 21.2. The molecule has 17 heavy (non-hydrogen) atoms. The van der Waals surface area contributed by atoms with E-state index in [-0.39, 0.29) is 11.9 Å². The first-order valence-electron chi connectivity index (χ1n) is 6.24. The van der Waals surface area contributed by atoms with Gasteiger partial charge in [-0.1, -0.05) is 18.6 Å². The lowest BCUT2D eigenvalue weighted by atomic mass is 10.0. The lowest BCUT2D eigenvalue weighted by molar-refractivity contribution is -0.121. The fraction of sp³-hybridized carbons (Fsp3) is 0.500. The van der Waals surface area contributed by atoms with Crippen LogP contribution in [0.1, 0.15) is 24.8 Å². The van der Waals surface area contributed by atoms with Gasteiger partial charge in [0.05, 0.1) is 6.04 Å². The third-order valence-electron chi connectivity index (χ3n) is 3.36. The van der Waals surface area contributed by atoms with Crippen molar-refractivity contribution >= 4 is 11.6 Å². The molecule has 0 spiro atoms. The molecule has 1 atom stereocenters. The van der Waals surface area contributed by atoms with Crippen molar-refractivity contribution < 1.29 is 4.79 Å². The van der Waals surface area contributed by atoms with Crippen LogP contribution in [0.5, 0.6) is 0 Å². The van der Waals surface area contributed by atoms with Gasteiger partial charge in [0.15, 0.2) is 0 Å². The van der Waals surface area contributed by atoms with Gasteiger partial charge >= 0.3 is 0 Å². The number of nitrogens with zero attached hydrogens (tertiary/aromatic N) is 1. The number of nitrogens with one attached hydrogen (secondary N) is 1. The summed E-state index contributed by atoms with van der Waals surface area (Å²) in [6.45, 7) is 3.05. The molecule has 0 bridgehead atoms. The highest BCUT2D eigenvalue weighted by molar-refractivity contribution is 5.94. The Hall–Kier alpha value is -1.35. The molecule has 1 heterocycles. The van der Waals surface area contributed by atoms with Crippen LogP contribution in [0.3, 0.4) is 0 Å². The second kappa shape index (κ2) is 5.32. The van der Waals surface area contributed by atoms with Gasteiger partial charge in [-0.15, -0.1) is 0 Å². The fourth-order valence-electron chi connectivity index (χ4n) is 2.35. The first-order valence-corrected chi connectivity index (χ1v) is 6.24. The predicted octanol–water partition coefficient (Wildman–Crippen LogP) is 2.42. The van der Waals surface area contributed by atoms with Crippen LogP contribution in [-0.4, -0.2) is 30.4 Å². The molecule has 3 nitrogen and oxygen atoms in total. The number of rotatable bonds is 2. The maximum absolute atomic E-state index is 12.1. The molecule has 1 unspecified atom stereocenters. The van der Waals surface area contributed by atoms with Gasteiger partial charge in [0, 0.05) is 5.69 Å². The quantitative estimate of drug-likeness (QED) is 0.849. The molecule has 0 saturated carbocycles. The van der Waals surface area contributed by atoms with Crippen molar-refractivity contribution in [3.8, 4) is 0 Å². The van der Waals surface area contributed by atoms with E-state index < -0.39 is 0 Å². The lowest BCUT2D eigenvalue weighted by Gasteiger charge is -2.31. The van der Waals surface area contributed by atoms with Crippen LogP contribution in [-0.2, 0) is 4.79 Å². The second-order valence-electron chi connectivity index (χ2n) is 4.85. The summed E-state index contributed by atoms with van der Waals surface area (Å²) in [5.74, 6) is 0.123. The molecule has 1 amide bonds. The summed E-state index contributed by atoms with van der Waals surface area (Å²) in [5, 5.41) is 3.00. The van der Waals surface area contributed by atoms with E-state index >= 15 is 0 Å². The monoisotopic (exact) mass is 232 g/mol. The van der Waals surface area contributed by atoms with Gasteiger partial charge < -0.3 is 5.32 Å². The summed E-state index contributed by atoms with van der Waals surface area (Å²) < 4.78 is 0. The molecule has 0 aliphatic carbocycles. The minimum Gasteiger partial charge on any atom is -0.325 e. The van der Waals surface area contributed by atoms with E-state index in [0.717, 1.165) is 25.1 Å². The third-order valence-corrected chi connectivity index (χ3v) is 3.36. The summed E-state index contributed by atoms with van der Waals surface area (Å²) in [4.78, 5) is 14.3. The van der Waals surface area contributed by atoms with Crippen molar-refractivity contribution in [2.45, 2.75) is 32.2 Å². The first kappa shape index (κ1) is 12.1. The molecule has 1 N–H and O–H groups in total. The number of anilines is 1. The van der Waals surface area contributed by atoms with Crippen LogP contribution in [0.15, 0.2) is 24.3 Å². The Labute approximate surface area is 103 Å². The molecule has 0 aromatic heterocycles. The van der Waals surface area contributed by atoms with E-state index in [9.17, 15) is 4.79 Å². The Balaban J connectivity index is 2.01. The summed E-state index contributed by atoms with van der Waals surface area (Å²) >= 11 is 0. The summed E-state index contributed by atoms with van der Waals surface area (Å²) in [6, 6.07) is 7.97. The minimum atomic E-state index is 0.0317.